The van der Waals surface area contributed by atoms with Crippen molar-refractivity contribution in [1.29, 1.82) is 0 Å². The van der Waals surface area contributed by atoms with Gasteiger partial charge < -0.3 is 18.3 Å². The molecule has 0 amide bonds. The predicted octanol–water partition coefficient (Wildman–Crippen LogP) is 26.4. The van der Waals surface area contributed by atoms with E-state index in [1.54, 1.807) is 0 Å². The summed E-state index contributed by atoms with van der Waals surface area (Å²) in [5.41, 5.74) is 26.6. The molecule has 21 aromatic rings. The van der Waals surface area contributed by atoms with Crippen LogP contribution in [0.2, 0.25) is 0 Å². The molecule has 0 fully saturated rings. The van der Waals surface area contributed by atoms with Gasteiger partial charge in [-0.25, -0.2) is 0 Å². The van der Waals surface area contributed by atoms with Gasteiger partial charge in [0.1, 0.15) is 0 Å². The summed E-state index contributed by atoms with van der Waals surface area (Å²) in [4.78, 5) is 0. The summed E-state index contributed by atoms with van der Waals surface area (Å²) in [6.45, 7) is 0. The maximum Gasteiger partial charge on any atom is 0.0541 e. The highest BCUT2D eigenvalue weighted by molar-refractivity contribution is 6.16. The van der Waals surface area contributed by atoms with Crippen LogP contribution in [0.15, 0.2) is 388 Å². The predicted molar refractivity (Wildman–Crippen MR) is 432 cm³/mol. The van der Waals surface area contributed by atoms with Crippen molar-refractivity contribution in [1.82, 2.24) is 18.3 Å². The topological polar surface area (TPSA) is 19.7 Å². The molecule has 0 spiro atoms. The van der Waals surface area contributed by atoms with E-state index in [0.29, 0.717) is 0 Å². The largest absolute Gasteiger partial charge is 0.309 e. The van der Waals surface area contributed by atoms with Crippen LogP contribution in [0.3, 0.4) is 0 Å². The van der Waals surface area contributed by atoms with E-state index >= 15 is 0 Å². The second-order valence-electron chi connectivity index (χ2n) is 26.7. The van der Waals surface area contributed by atoms with Crippen LogP contribution in [-0.4, -0.2) is 18.3 Å². The summed E-state index contributed by atoms with van der Waals surface area (Å²) in [7, 11) is 0. The van der Waals surface area contributed by atoms with E-state index in [1.165, 1.54) is 176 Å². The van der Waals surface area contributed by atoms with Crippen molar-refractivity contribution in [3.8, 4) is 78.4 Å². The van der Waals surface area contributed by atoms with Crippen LogP contribution in [0.5, 0.6) is 0 Å². The maximum absolute atomic E-state index is 2.45. The molecule has 4 aromatic heterocycles. The quantitative estimate of drug-likeness (QED) is 0.137. The number of aromatic nitrogens is 4. The van der Waals surface area contributed by atoms with Crippen molar-refractivity contribution >= 4 is 109 Å². The Morgan fingerprint density at radius 2 is 0.422 bits per heavy atom. The third-order valence-electron chi connectivity index (χ3n) is 21.1. The Labute approximate surface area is 590 Å². The van der Waals surface area contributed by atoms with Crippen LogP contribution in [0, 0.1) is 0 Å². The van der Waals surface area contributed by atoms with Crippen molar-refractivity contribution in [3.63, 3.8) is 0 Å². The Balaban J connectivity index is 0.000000138. The highest BCUT2D eigenvalue weighted by atomic mass is 15.0. The lowest BCUT2D eigenvalue weighted by molar-refractivity contribution is 1.18. The van der Waals surface area contributed by atoms with Gasteiger partial charge in [-0.2, -0.15) is 0 Å². The first kappa shape index (κ1) is 58.6. The molecule has 0 aliphatic carbocycles. The summed E-state index contributed by atoms with van der Waals surface area (Å²) in [6, 6.07) is 141. The zero-order chi connectivity index (χ0) is 67.2. The molecule has 0 atom stereocenters. The smallest absolute Gasteiger partial charge is 0.0541 e. The Morgan fingerprint density at radius 3 is 0.843 bits per heavy atom. The van der Waals surface area contributed by atoms with Crippen LogP contribution >= 0.6 is 0 Å². The van der Waals surface area contributed by atoms with Crippen LogP contribution < -0.4 is 0 Å². The SMILES string of the molecule is c1ccc(-c2ccc(-n3c4ccccc4c4cc(-c5ccc6c(c5)c5ccccc5n6-c5ccc(-c6ccccc6)c6ccccc56)ccc43)cc2)cc1.c1ccc(-c2ccc(-n3c4ccccc4c4cc(-c5ccc6c(c5)c5ccccc5n6-c5cccc6ccccc56)ccc43)cc2)cc1. The Bertz CT molecular complexity index is 6820. The Morgan fingerprint density at radius 1 is 0.137 bits per heavy atom. The van der Waals surface area contributed by atoms with Gasteiger partial charge in [0.05, 0.1) is 55.5 Å². The molecule has 476 valence electrons. The lowest BCUT2D eigenvalue weighted by atomic mass is 9.97. The second kappa shape index (κ2) is 24.2. The highest BCUT2D eigenvalue weighted by Crippen LogP contribution is 2.44. The molecule has 0 N–H and O–H groups in total. The molecule has 0 radical (unpaired) electrons. The van der Waals surface area contributed by atoms with Crippen molar-refractivity contribution in [3.05, 3.63) is 388 Å². The van der Waals surface area contributed by atoms with Gasteiger partial charge in [-0.15, -0.1) is 0 Å². The summed E-state index contributed by atoms with van der Waals surface area (Å²) in [6.07, 6.45) is 0. The average Bonchev–Trinajstić information content (AvgIpc) is 1.65. The summed E-state index contributed by atoms with van der Waals surface area (Å²) in [5.74, 6) is 0. The van der Waals surface area contributed by atoms with Gasteiger partial charge in [-0.05, 0) is 176 Å². The summed E-state index contributed by atoms with van der Waals surface area (Å²) < 4.78 is 9.67. The number of para-hydroxylation sites is 4. The first-order chi connectivity index (χ1) is 50.6. The molecular weight excluding hydrogens is 1230 g/mol. The van der Waals surface area contributed by atoms with Crippen molar-refractivity contribution < 1.29 is 0 Å². The molecule has 102 heavy (non-hydrogen) atoms. The zero-order valence-corrected chi connectivity index (χ0v) is 55.7. The average molecular weight is 1300 g/mol. The molecule has 4 heterocycles. The van der Waals surface area contributed by atoms with Crippen LogP contribution in [0.4, 0.5) is 0 Å². The first-order valence-corrected chi connectivity index (χ1v) is 35.1. The number of nitrogens with zero attached hydrogens (tertiary/aromatic N) is 4. The second-order valence-corrected chi connectivity index (χ2v) is 26.7. The van der Waals surface area contributed by atoms with E-state index < -0.39 is 0 Å². The minimum absolute atomic E-state index is 1.16. The maximum atomic E-state index is 2.45. The van der Waals surface area contributed by atoms with Gasteiger partial charge in [-0.3, -0.25) is 0 Å². The number of benzene rings is 17. The summed E-state index contributed by atoms with van der Waals surface area (Å²) in [5, 5.41) is 15.0. The fourth-order valence-electron chi connectivity index (χ4n) is 16.3. The third-order valence-corrected chi connectivity index (χ3v) is 21.1. The lowest BCUT2D eigenvalue weighted by Crippen LogP contribution is -1.96. The fourth-order valence-corrected chi connectivity index (χ4v) is 16.3. The molecular formula is C98H64N4. The van der Waals surface area contributed by atoms with Crippen molar-refractivity contribution in [2.45, 2.75) is 0 Å². The van der Waals surface area contributed by atoms with Crippen molar-refractivity contribution in [2.24, 2.45) is 0 Å². The Kier molecular flexibility index (Phi) is 13.9. The van der Waals surface area contributed by atoms with E-state index in [9.17, 15) is 0 Å². The van der Waals surface area contributed by atoms with Crippen molar-refractivity contribution in [2.75, 3.05) is 0 Å². The van der Waals surface area contributed by atoms with Crippen LogP contribution in [-0.2, 0) is 0 Å². The monoisotopic (exact) mass is 1300 g/mol. The molecule has 4 nitrogen and oxygen atoms in total. The van der Waals surface area contributed by atoms with E-state index in [4.69, 9.17) is 0 Å². The van der Waals surface area contributed by atoms with E-state index in [1.807, 2.05) is 0 Å². The molecule has 0 aliphatic heterocycles. The first-order valence-electron chi connectivity index (χ1n) is 35.1. The standard InChI is InChI=1S/C52H34N2.C46H30N2/c1-3-13-35(14-4-1)36-23-27-40(28-24-36)53-48-21-11-9-19-44(48)46-33-38(25-30-51(46)53)39-26-31-52-47(34-39)45-20-10-12-22-49(45)54(52)50-32-29-41(37-15-5-2-6-16-37)42-17-7-8-18-43(42)50;1-2-11-31(12-3-1)32-21-25-36(26-22-32)47-43-18-8-6-16-38(43)40-29-34(23-27-45(40)47)35-24-28-46-41(30-35)39-17-7-9-19-44(39)48(46)42-20-10-14-33-13-4-5-15-37(33)42/h1-34H;1-30H. The number of hydrogen-bond donors (Lipinski definition) is 0. The normalized spacial score (nSPS) is 11.7. The zero-order valence-electron chi connectivity index (χ0n) is 55.7. The number of rotatable bonds is 9. The Hall–Kier alpha value is -13.5. The van der Waals surface area contributed by atoms with E-state index in [2.05, 4.69) is 407 Å². The van der Waals surface area contributed by atoms with Gasteiger partial charge in [0, 0.05) is 65.2 Å². The molecule has 4 heteroatoms. The molecule has 21 rings (SSSR count). The fraction of sp³-hybridized carbons (Fsp3) is 0. The van der Waals surface area contributed by atoms with Gasteiger partial charge in [0.15, 0.2) is 0 Å². The van der Waals surface area contributed by atoms with Crippen LogP contribution in [0.1, 0.15) is 0 Å². The third kappa shape index (κ3) is 9.68. The van der Waals surface area contributed by atoms with Crippen LogP contribution in [0.25, 0.3) is 187 Å². The lowest BCUT2D eigenvalue weighted by Gasteiger charge is -2.15. The minimum atomic E-state index is 1.16. The number of hydrogen-bond acceptors (Lipinski definition) is 0. The van der Waals surface area contributed by atoms with Gasteiger partial charge in [0.2, 0.25) is 0 Å². The molecule has 0 saturated heterocycles. The van der Waals surface area contributed by atoms with E-state index in [-0.39, 0.29) is 0 Å². The number of fused-ring (bicyclic) bond motifs is 14. The minimum Gasteiger partial charge on any atom is -0.309 e. The summed E-state index contributed by atoms with van der Waals surface area (Å²) >= 11 is 0. The molecule has 0 unspecified atom stereocenters. The molecule has 0 bridgehead atoms. The highest BCUT2D eigenvalue weighted by Gasteiger charge is 2.21. The van der Waals surface area contributed by atoms with E-state index in [0.717, 1.165) is 11.4 Å². The van der Waals surface area contributed by atoms with Gasteiger partial charge in [-0.1, -0.05) is 279 Å². The molecule has 0 saturated carbocycles. The molecule has 17 aromatic carbocycles. The molecule has 0 aliphatic rings. The van der Waals surface area contributed by atoms with Gasteiger partial charge in [0.25, 0.3) is 0 Å². The van der Waals surface area contributed by atoms with Gasteiger partial charge >= 0.3 is 0 Å².